The number of hydrogen-bond donors (Lipinski definition) is 2. The fourth-order valence-corrected chi connectivity index (χ4v) is 2.71. The first-order valence-electron chi connectivity index (χ1n) is 7.88. The highest BCUT2D eigenvalue weighted by Gasteiger charge is 2.12. The molecule has 0 aliphatic heterocycles. The number of anilines is 1. The van der Waals surface area contributed by atoms with Crippen molar-refractivity contribution in [3.05, 3.63) is 75.4 Å². The molecule has 1 amide bonds. The van der Waals surface area contributed by atoms with E-state index in [4.69, 9.17) is 11.6 Å². The summed E-state index contributed by atoms with van der Waals surface area (Å²) in [6.07, 6.45) is 1.43. The van der Waals surface area contributed by atoms with E-state index in [1.54, 1.807) is 12.1 Å². The van der Waals surface area contributed by atoms with Crippen LogP contribution in [0, 0.1) is 32.1 Å². The molecule has 0 aliphatic rings. The lowest BCUT2D eigenvalue weighted by Gasteiger charge is -2.12. The van der Waals surface area contributed by atoms with Gasteiger partial charge in [-0.1, -0.05) is 41.4 Å². The molecule has 0 unspecified atom stereocenters. The van der Waals surface area contributed by atoms with Crippen LogP contribution < -0.4 is 10.6 Å². The summed E-state index contributed by atoms with van der Waals surface area (Å²) in [5.74, 6) is -0.429. The zero-order chi connectivity index (χ0) is 18.4. The van der Waals surface area contributed by atoms with Gasteiger partial charge in [0.15, 0.2) is 0 Å². The van der Waals surface area contributed by atoms with Crippen molar-refractivity contribution in [3.8, 4) is 6.07 Å². The first kappa shape index (κ1) is 18.6. The van der Waals surface area contributed by atoms with Crippen LogP contribution in [-0.4, -0.2) is 5.91 Å². The molecule has 0 atom stereocenters. The van der Waals surface area contributed by atoms with Gasteiger partial charge in [0.25, 0.3) is 5.91 Å². The monoisotopic (exact) mass is 353 g/mol. The minimum atomic E-state index is -0.429. The minimum absolute atomic E-state index is 0.0216. The molecule has 0 radical (unpaired) electrons. The first-order chi connectivity index (χ1) is 11.9. The Balaban J connectivity index is 2.06. The molecule has 0 aromatic heterocycles. The van der Waals surface area contributed by atoms with E-state index in [1.807, 2.05) is 51.1 Å². The number of aryl methyl sites for hydroxylation is 3. The zero-order valence-electron chi connectivity index (χ0n) is 14.5. The van der Waals surface area contributed by atoms with Gasteiger partial charge in [0.05, 0.1) is 0 Å². The summed E-state index contributed by atoms with van der Waals surface area (Å²) in [4.78, 5) is 12.4. The number of rotatable bonds is 5. The number of carbonyl (C=O) groups excluding carboxylic acids is 1. The lowest BCUT2D eigenvalue weighted by Crippen LogP contribution is -2.18. The molecular weight excluding hydrogens is 334 g/mol. The van der Waals surface area contributed by atoms with Crippen LogP contribution in [0.1, 0.15) is 22.3 Å². The maximum Gasteiger partial charge on any atom is 0.267 e. The molecule has 0 aliphatic carbocycles. The third kappa shape index (κ3) is 5.10. The maximum absolute atomic E-state index is 12.4. The molecule has 2 aromatic rings. The third-order valence-corrected chi connectivity index (χ3v) is 4.00. The lowest BCUT2D eigenvalue weighted by molar-refractivity contribution is -0.112. The predicted octanol–water partition coefficient (Wildman–Crippen LogP) is 4.40. The summed E-state index contributed by atoms with van der Waals surface area (Å²) in [5.41, 5.74) is 4.84. The second-order valence-electron chi connectivity index (χ2n) is 5.91. The highest BCUT2D eigenvalue weighted by atomic mass is 35.5. The molecular formula is C20H20ClN3O. The summed E-state index contributed by atoms with van der Waals surface area (Å²) >= 11 is 5.84. The number of benzene rings is 2. The molecule has 0 saturated carbocycles. The highest BCUT2D eigenvalue weighted by molar-refractivity contribution is 6.30. The number of halogens is 1. The van der Waals surface area contributed by atoms with Gasteiger partial charge in [0, 0.05) is 23.5 Å². The number of nitrogens with zero attached hydrogens (tertiary/aromatic N) is 1. The predicted molar refractivity (Wildman–Crippen MR) is 101 cm³/mol. The molecule has 128 valence electrons. The van der Waals surface area contributed by atoms with Crippen LogP contribution in [0.4, 0.5) is 5.69 Å². The van der Waals surface area contributed by atoms with Gasteiger partial charge in [-0.3, -0.25) is 4.79 Å². The summed E-state index contributed by atoms with van der Waals surface area (Å²) in [6.45, 7) is 6.37. The molecule has 2 rings (SSSR count). The summed E-state index contributed by atoms with van der Waals surface area (Å²) in [5, 5.41) is 15.7. The molecule has 0 bridgehead atoms. The highest BCUT2D eigenvalue weighted by Crippen LogP contribution is 2.22. The molecule has 5 heteroatoms. The van der Waals surface area contributed by atoms with E-state index in [-0.39, 0.29) is 5.57 Å². The number of nitrogens with one attached hydrogen (secondary N) is 2. The smallest absolute Gasteiger partial charge is 0.267 e. The first-order valence-corrected chi connectivity index (χ1v) is 8.26. The molecule has 0 heterocycles. The minimum Gasteiger partial charge on any atom is -0.386 e. The topological polar surface area (TPSA) is 64.9 Å². The number of carbonyl (C=O) groups is 1. The van der Waals surface area contributed by atoms with Gasteiger partial charge in [-0.15, -0.1) is 0 Å². The Morgan fingerprint density at radius 3 is 2.32 bits per heavy atom. The van der Waals surface area contributed by atoms with Crippen LogP contribution in [0.3, 0.4) is 0 Å². The summed E-state index contributed by atoms with van der Waals surface area (Å²) in [6, 6.07) is 13.3. The zero-order valence-corrected chi connectivity index (χ0v) is 15.2. The number of hydrogen-bond acceptors (Lipinski definition) is 3. The summed E-state index contributed by atoms with van der Waals surface area (Å²) < 4.78 is 0. The molecule has 2 aromatic carbocycles. The molecule has 0 fully saturated rings. The Morgan fingerprint density at radius 2 is 1.76 bits per heavy atom. The SMILES string of the molecule is Cc1cc(C)c(NC(=O)/C(C#N)=C\NCc2ccc(Cl)cc2)c(C)c1. The van der Waals surface area contributed by atoms with Crippen LogP contribution >= 0.6 is 11.6 Å². The van der Waals surface area contributed by atoms with Crippen LogP contribution in [0.2, 0.25) is 5.02 Å². The largest absolute Gasteiger partial charge is 0.386 e. The van der Waals surface area contributed by atoms with Crippen molar-refractivity contribution >= 4 is 23.2 Å². The van der Waals surface area contributed by atoms with E-state index in [1.165, 1.54) is 6.20 Å². The van der Waals surface area contributed by atoms with Crippen molar-refractivity contribution in [2.24, 2.45) is 0 Å². The normalized spacial score (nSPS) is 10.9. The van der Waals surface area contributed by atoms with Crippen LogP contribution in [0.5, 0.6) is 0 Å². The Labute approximate surface area is 153 Å². The van der Waals surface area contributed by atoms with Gasteiger partial charge in [0.1, 0.15) is 11.6 Å². The van der Waals surface area contributed by atoms with E-state index in [0.29, 0.717) is 11.6 Å². The Bertz CT molecular complexity index is 825. The van der Waals surface area contributed by atoms with E-state index in [9.17, 15) is 10.1 Å². The lowest BCUT2D eigenvalue weighted by atomic mass is 10.0. The quantitative estimate of drug-likeness (QED) is 0.618. The van der Waals surface area contributed by atoms with E-state index >= 15 is 0 Å². The Kier molecular flexibility index (Phi) is 6.21. The van der Waals surface area contributed by atoms with Crippen molar-refractivity contribution < 1.29 is 4.79 Å². The Hall–Kier alpha value is -2.77. The van der Waals surface area contributed by atoms with Gasteiger partial charge in [-0.05, 0) is 49.6 Å². The van der Waals surface area contributed by atoms with E-state index < -0.39 is 5.91 Å². The van der Waals surface area contributed by atoms with Crippen molar-refractivity contribution in [1.29, 1.82) is 5.26 Å². The molecule has 4 nitrogen and oxygen atoms in total. The van der Waals surface area contributed by atoms with Crippen LogP contribution in [0.15, 0.2) is 48.2 Å². The maximum atomic E-state index is 12.4. The number of amides is 1. The molecule has 2 N–H and O–H groups in total. The van der Waals surface area contributed by atoms with Crippen molar-refractivity contribution in [3.63, 3.8) is 0 Å². The number of nitriles is 1. The van der Waals surface area contributed by atoms with Crippen molar-refractivity contribution in [2.75, 3.05) is 5.32 Å². The average Bonchev–Trinajstić information content (AvgIpc) is 2.56. The molecule has 25 heavy (non-hydrogen) atoms. The van der Waals surface area contributed by atoms with Gasteiger partial charge >= 0.3 is 0 Å². The van der Waals surface area contributed by atoms with Gasteiger partial charge in [-0.25, -0.2) is 0 Å². The molecule has 0 saturated heterocycles. The van der Waals surface area contributed by atoms with E-state index in [0.717, 1.165) is 27.9 Å². The van der Waals surface area contributed by atoms with Gasteiger partial charge in [-0.2, -0.15) is 5.26 Å². The van der Waals surface area contributed by atoms with Crippen LogP contribution in [-0.2, 0) is 11.3 Å². The second-order valence-corrected chi connectivity index (χ2v) is 6.34. The second kappa shape index (κ2) is 8.36. The third-order valence-electron chi connectivity index (χ3n) is 3.75. The average molecular weight is 354 g/mol. The summed E-state index contributed by atoms with van der Waals surface area (Å²) in [7, 11) is 0. The van der Waals surface area contributed by atoms with Crippen molar-refractivity contribution in [1.82, 2.24) is 5.32 Å². The van der Waals surface area contributed by atoms with Gasteiger partial charge < -0.3 is 10.6 Å². The van der Waals surface area contributed by atoms with Crippen molar-refractivity contribution in [2.45, 2.75) is 27.3 Å². The van der Waals surface area contributed by atoms with Crippen LogP contribution in [0.25, 0.3) is 0 Å². The van der Waals surface area contributed by atoms with Gasteiger partial charge in [0.2, 0.25) is 0 Å². The molecule has 0 spiro atoms. The fraction of sp³-hybridized carbons (Fsp3) is 0.200. The standard InChI is InChI=1S/C20H20ClN3O/c1-13-8-14(2)19(15(3)9-13)24-20(25)17(10-22)12-23-11-16-4-6-18(21)7-5-16/h4-9,12,23H,11H2,1-3H3,(H,24,25)/b17-12-. The van der Waals surface area contributed by atoms with E-state index in [2.05, 4.69) is 10.6 Å². The Morgan fingerprint density at radius 1 is 1.16 bits per heavy atom. The fourth-order valence-electron chi connectivity index (χ4n) is 2.58.